The molecule has 0 saturated heterocycles. The lowest BCUT2D eigenvalue weighted by Crippen LogP contribution is -2.04. The molecular weight excluding hydrogens is 215 g/mol. The van der Waals surface area contributed by atoms with E-state index in [-0.39, 0.29) is 11.3 Å². The number of benzene rings is 2. The van der Waals surface area contributed by atoms with Crippen molar-refractivity contribution in [1.29, 1.82) is 0 Å². The lowest BCUT2D eigenvalue weighted by Gasteiger charge is -2.04. The topological polar surface area (TPSA) is 17.1 Å². The van der Waals surface area contributed by atoms with E-state index in [9.17, 15) is 9.18 Å². The molecule has 0 amide bonds. The zero-order valence-electron chi connectivity index (χ0n) is 9.83. The van der Waals surface area contributed by atoms with Gasteiger partial charge in [0.25, 0.3) is 0 Å². The number of hydrogen-bond donors (Lipinski definition) is 0. The minimum atomic E-state index is -0.462. The number of ketones is 1. The van der Waals surface area contributed by atoms with Crippen molar-refractivity contribution in [3.05, 3.63) is 70.5 Å². The van der Waals surface area contributed by atoms with E-state index in [0.717, 1.165) is 11.1 Å². The largest absolute Gasteiger partial charge is 0.288 e. The summed E-state index contributed by atoms with van der Waals surface area (Å²) in [7, 11) is 0. The van der Waals surface area contributed by atoms with Crippen LogP contribution in [-0.4, -0.2) is 5.78 Å². The maximum absolute atomic E-state index is 13.7. The fourth-order valence-electron chi connectivity index (χ4n) is 1.75. The van der Waals surface area contributed by atoms with Crippen LogP contribution >= 0.6 is 0 Å². The Balaban J connectivity index is 2.44. The first-order valence-corrected chi connectivity index (χ1v) is 5.45. The maximum atomic E-state index is 13.7. The predicted molar refractivity (Wildman–Crippen MR) is 65.7 cm³/mol. The molecule has 0 bridgehead atoms. The number of carbonyl (C=O) groups is 1. The van der Waals surface area contributed by atoms with E-state index in [1.54, 1.807) is 31.2 Å². The Morgan fingerprint density at radius 1 is 1.00 bits per heavy atom. The van der Waals surface area contributed by atoms with Crippen LogP contribution in [-0.2, 0) is 0 Å². The predicted octanol–water partition coefficient (Wildman–Crippen LogP) is 3.67. The molecule has 0 atom stereocenters. The maximum Gasteiger partial charge on any atom is 0.195 e. The van der Waals surface area contributed by atoms with Crippen molar-refractivity contribution in [2.45, 2.75) is 13.8 Å². The summed E-state index contributed by atoms with van der Waals surface area (Å²) in [5.74, 6) is -0.734. The molecule has 86 valence electrons. The molecule has 0 aliphatic rings. The van der Waals surface area contributed by atoms with Crippen molar-refractivity contribution in [2.75, 3.05) is 0 Å². The summed E-state index contributed by atoms with van der Waals surface area (Å²) in [4.78, 5) is 12.1. The number of aryl methyl sites for hydroxylation is 2. The highest BCUT2D eigenvalue weighted by Crippen LogP contribution is 2.15. The molecule has 1 nitrogen and oxygen atoms in total. The summed E-state index contributed by atoms with van der Waals surface area (Å²) in [6.07, 6.45) is 0. The van der Waals surface area contributed by atoms with Crippen LogP contribution in [0.25, 0.3) is 0 Å². The molecule has 0 saturated carbocycles. The van der Waals surface area contributed by atoms with Crippen LogP contribution < -0.4 is 0 Å². The van der Waals surface area contributed by atoms with Crippen LogP contribution in [0.3, 0.4) is 0 Å². The van der Waals surface area contributed by atoms with Gasteiger partial charge in [-0.3, -0.25) is 4.79 Å². The van der Waals surface area contributed by atoms with Gasteiger partial charge in [0, 0.05) is 5.56 Å². The monoisotopic (exact) mass is 228 g/mol. The molecular formula is C15H13FO. The molecule has 0 fully saturated rings. The zero-order valence-corrected chi connectivity index (χ0v) is 9.83. The van der Waals surface area contributed by atoms with Gasteiger partial charge < -0.3 is 0 Å². The van der Waals surface area contributed by atoms with E-state index in [0.29, 0.717) is 5.56 Å². The molecule has 0 aliphatic carbocycles. The third-order valence-electron chi connectivity index (χ3n) is 2.65. The van der Waals surface area contributed by atoms with E-state index in [1.807, 2.05) is 13.0 Å². The van der Waals surface area contributed by atoms with Crippen molar-refractivity contribution < 1.29 is 9.18 Å². The van der Waals surface area contributed by atoms with Crippen LogP contribution in [0.5, 0.6) is 0 Å². The minimum absolute atomic E-state index is 0.126. The van der Waals surface area contributed by atoms with Crippen molar-refractivity contribution in [1.82, 2.24) is 0 Å². The van der Waals surface area contributed by atoms with Gasteiger partial charge in [-0.15, -0.1) is 0 Å². The molecule has 2 rings (SSSR count). The van der Waals surface area contributed by atoms with E-state index < -0.39 is 5.82 Å². The van der Waals surface area contributed by atoms with Gasteiger partial charge in [-0.05, 0) is 37.6 Å². The molecule has 0 heterocycles. The summed E-state index contributed by atoms with van der Waals surface area (Å²) < 4.78 is 13.7. The van der Waals surface area contributed by atoms with Crippen molar-refractivity contribution >= 4 is 5.78 Å². The lowest BCUT2D eigenvalue weighted by atomic mass is 10.0. The average molecular weight is 228 g/mol. The molecule has 2 aromatic rings. The van der Waals surface area contributed by atoms with Crippen LogP contribution in [0.4, 0.5) is 4.39 Å². The van der Waals surface area contributed by atoms with E-state index in [2.05, 4.69) is 0 Å². The first kappa shape index (κ1) is 11.5. The quantitative estimate of drug-likeness (QED) is 0.717. The van der Waals surface area contributed by atoms with Gasteiger partial charge in [-0.25, -0.2) is 4.39 Å². The molecule has 2 aromatic carbocycles. The normalized spacial score (nSPS) is 10.3. The third kappa shape index (κ3) is 2.41. The smallest absolute Gasteiger partial charge is 0.195 e. The molecule has 0 spiro atoms. The highest BCUT2D eigenvalue weighted by atomic mass is 19.1. The van der Waals surface area contributed by atoms with Crippen molar-refractivity contribution in [3.8, 4) is 0 Å². The second kappa shape index (κ2) is 4.50. The summed E-state index contributed by atoms with van der Waals surface area (Å²) in [5, 5.41) is 0. The van der Waals surface area contributed by atoms with Crippen LogP contribution in [0.15, 0.2) is 42.5 Å². The first-order valence-electron chi connectivity index (χ1n) is 5.45. The van der Waals surface area contributed by atoms with E-state index in [1.165, 1.54) is 12.1 Å². The molecule has 0 aromatic heterocycles. The Bertz CT molecular complexity index is 573. The van der Waals surface area contributed by atoms with Gasteiger partial charge >= 0.3 is 0 Å². The Morgan fingerprint density at radius 2 is 1.71 bits per heavy atom. The van der Waals surface area contributed by atoms with Gasteiger partial charge in [-0.2, -0.15) is 0 Å². The third-order valence-corrected chi connectivity index (χ3v) is 2.65. The van der Waals surface area contributed by atoms with E-state index in [4.69, 9.17) is 0 Å². The van der Waals surface area contributed by atoms with Gasteiger partial charge in [0.2, 0.25) is 0 Å². The Hall–Kier alpha value is -1.96. The second-order valence-corrected chi connectivity index (χ2v) is 4.18. The molecule has 0 aliphatic heterocycles. The fraction of sp³-hybridized carbons (Fsp3) is 0.133. The molecule has 0 radical (unpaired) electrons. The average Bonchev–Trinajstić information content (AvgIpc) is 2.28. The second-order valence-electron chi connectivity index (χ2n) is 4.18. The fourth-order valence-corrected chi connectivity index (χ4v) is 1.75. The Morgan fingerprint density at radius 3 is 2.35 bits per heavy atom. The van der Waals surface area contributed by atoms with Crippen LogP contribution in [0, 0.1) is 19.7 Å². The highest BCUT2D eigenvalue weighted by Gasteiger charge is 2.13. The standard InChI is InChI=1S/C15H13FO/c1-10-4-3-5-12(8-10)15(17)13-7-6-11(2)9-14(13)16/h3-9H,1-2H3. The van der Waals surface area contributed by atoms with Crippen molar-refractivity contribution in [3.63, 3.8) is 0 Å². The molecule has 2 heteroatoms. The first-order chi connectivity index (χ1) is 8.08. The number of carbonyl (C=O) groups excluding carboxylic acids is 1. The molecule has 0 unspecified atom stereocenters. The SMILES string of the molecule is Cc1cccc(C(=O)c2ccc(C)cc2F)c1. The number of rotatable bonds is 2. The van der Waals surface area contributed by atoms with Gasteiger partial charge in [0.1, 0.15) is 5.82 Å². The highest BCUT2D eigenvalue weighted by molar-refractivity contribution is 6.09. The van der Waals surface area contributed by atoms with Crippen LogP contribution in [0.1, 0.15) is 27.0 Å². The lowest BCUT2D eigenvalue weighted by molar-refractivity contribution is 0.103. The van der Waals surface area contributed by atoms with Crippen molar-refractivity contribution in [2.24, 2.45) is 0 Å². The Labute approximate surface area is 99.9 Å². The van der Waals surface area contributed by atoms with Gasteiger partial charge in [0.05, 0.1) is 5.56 Å². The summed E-state index contributed by atoms with van der Waals surface area (Å²) in [6, 6.07) is 11.8. The van der Waals surface area contributed by atoms with Gasteiger partial charge in [-0.1, -0.05) is 29.8 Å². The molecule has 17 heavy (non-hydrogen) atoms. The van der Waals surface area contributed by atoms with E-state index >= 15 is 0 Å². The Kier molecular flexibility index (Phi) is 3.05. The minimum Gasteiger partial charge on any atom is -0.288 e. The summed E-state index contributed by atoms with van der Waals surface area (Å²) in [5.41, 5.74) is 2.45. The number of hydrogen-bond acceptors (Lipinski definition) is 1. The van der Waals surface area contributed by atoms with Gasteiger partial charge in [0.15, 0.2) is 5.78 Å². The zero-order chi connectivity index (χ0) is 12.4. The van der Waals surface area contributed by atoms with Crippen LogP contribution in [0.2, 0.25) is 0 Å². The summed E-state index contributed by atoms with van der Waals surface area (Å²) >= 11 is 0. The molecule has 0 N–H and O–H groups in total. The summed E-state index contributed by atoms with van der Waals surface area (Å²) in [6.45, 7) is 3.70. The number of halogens is 1.